The second kappa shape index (κ2) is 4.48. The number of nitrogens with zero attached hydrogens (tertiary/aromatic N) is 2. The molecule has 0 aromatic carbocycles. The van der Waals surface area contributed by atoms with Crippen molar-refractivity contribution < 1.29 is 13.0 Å². The van der Waals surface area contributed by atoms with Crippen LogP contribution in [0.5, 0.6) is 0 Å². The number of hydrogen-bond acceptors (Lipinski definition) is 4. The second-order valence-corrected chi connectivity index (χ2v) is 5.68. The lowest BCUT2D eigenvalue weighted by molar-refractivity contribution is 0.325. The predicted molar refractivity (Wildman–Crippen MR) is 59.5 cm³/mol. The van der Waals surface area contributed by atoms with Crippen LogP contribution in [0.2, 0.25) is 0 Å². The van der Waals surface area contributed by atoms with E-state index in [-0.39, 0.29) is 0 Å². The van der Waals surface area contributed by atoms with Crippen LogP contribution in [0.3, 0.4) is 0 Å². The summed E-state index contributed by atoms with van der Waals surface area (Å²) in [5.74, 6) is 0. The van der Waals surface area contributed by atoms with Crippen LogP contribution < -0.4 is 0 Å². The van der Waals surface area contributed by atoms with Gasteiger partial charge in [0.15, 0.2) is 0 Å². The van der Waals surface area contributed by atoms with E-state index in [1.54, 1.807) is 6.20 Å². The van der Waals surface area contributed by atoms with Gasteiger partial charge in [0.2, 0.25) is 0 Å². The first-order valence-corrected chi connectivity index (χ1v) is 6.64. The van der Waals surface area contributed by atoms with Crippen molar-refractivity contribution in [1.29, 1.82) is 0 Å². The van der Waals surface area contributed by atoms with Crippen molar-refractivity contribution in [2.75, 3.05) is 13.1 Å². The minimum absolute atomic E-state index is 0.384. The van der Waals surface area contributed by atoms with E-state index in [1.165, 1.54) is 0 Å². The van der Waals surface area contributed by atoms with Crippen LogP contribution in [0.25, 0.3) is 0 Å². The van der Waals surface area contributed by atoms with Crippen molar-refractivity contribution >= 4 is 10.1 Å². The average molecular weight is 242 g/mol. The van der Waals surface area contributed by atoms with Crippen molar-refractivity contribution in [3.8, 4) is 0 Å². The molecule has 1 N–H and O–H groups in total. The molecule has 2 heterocycles. The van der Waals surface area contributed by atoms with Crippen LogP contribution in [-0.2, 0) is 16.7 Å². The Hall–Kier alpha value is -0.980. The molecule has 2 rings (SSSR count). The van der Waals surface area contributed by atoms with E-state index < -0.39 is 15.4 Å². The first-order chi connectivity index (χ1) is 7.55. The summed E-state index contributed by atoms with van der Waals surface area (Å²) in [5.41, 5.74) is 0.915. The van der Waals surface area contributed by atoms with E-state index >= 15 is 0 Å². The lowest BCUT2D eigenvalue weighted by Crippen LogP contribution is -2.26. The fraction of sp³-hybridized carbons (Fsp3) is 0.500. The maximum absolute atomic E-state index is 10.9. The minimum atomic E-state index is -3.89. The Morgan fingerprint density at radius 3 is 2.88 bits per heavy atom. The van der Waals surface area contributed by atoms with E-state index in [9.17, 15) is 8.42 Å². The van der Waals surface area contributed by atoms with Crippen LogP contribution >= 0.6 is 0 Å². The Balaban J connectivity index is 1.96. The molecule has 16 heavy (non-hydrogen) atoms. The highest BCUT2D eigenvalue weighted by molar-refractivity contribution is 7.86. The van der Waals surface area contributed by atoms with Gasteiger partial charge in [-0.05, 0) is 25.1 Å². The third kappa shape index (κ3) is 2.78. The molecule has 88 valence electrons. The van der Waals surface area contributed by atoms with Crippen molar-refractivity contribution in [3.05, 3.63) is 30.1 Å². The monoisotopic (exact) mass is 242 g/mol. The third-order valence-corrected chi connectivity index (χ3v) is 3.99. The molecular formula is C10H14N2O3S. The number of hydrogen-bond donors (Lipinski definition) is 1. The average Bonchev–Trinajstić information content (AvgIpc) is 2.67. The van der Waals surface area contributed by atoms with Crippen LogP contribution in [0.15, 0.2) is 24.4 Å². The molecule has 6 heteroatoms. The standard InChI is InChI=1S/C10H14N2O3S/c13-16(14,15)10-4-6-12(8-10)7-9-3-1-2-5-11-9/h1-3,5,10H,4,6-8H2,(H,13,14,15). The van der Waals surface area contributed by atoms with Crippen molar-refractivity contribution in [2.45, 2.75) is 18.2 Å². The molecule has 5 nitrogen and oxygen atoms in total. The van der Waals surface area contributed by atoms with Crippen molar-refractivity contribution in [1.82, 2.24) is 9.88 Å². The van der Waals surface area contributed by atoms with Gasteiger partial charge in [0.1, 0.15) is 5.25 Å². The molecule has 0 amide bonds. The Bertz CT molecular complexity index is 446. The highest BCUT2D eigenvalue weighted by Crippen LogP contribution is 2.17. The quantitative estimate of drug-likeness (QED) is 0.783. The first kappa shape index (κ1) is 11.5. The number of likely N-dealkylation sites (tertiary alicyclic amines) is 1. The van der Waals surface area contributed by atoms with Gasteiger partial charge >= 0.3 is 0 Å². The van der Waals surface area contributed by atoms with Crippen LogP contribution in [0.4, 0.5) is 0 Å². The summed E-state index contributed by atoms with van der Waals surface area (Å²) in [5, 5.41) is -0.642. The SMILES string of the molecule is O=S(=O)(O)C1CCN(Cc2ccccn2)C1. The molecule has 1 atom stereocenters. The van der Waals surface area contributed by atoms with Gasteiger partial charge in [0.25, 0.3) is 10.1 Å². The largest absolute Gasteiger partial charge is 0.296 e. The van der Waals surface area contributed by atoms with Gasteiger partial charge in [-0.3, -0.25) is 14.4 Å². The van der Waals surface area contributed by atoms with Gasteiger partial charge in [0.05, 0.1) is 5.69 Å². The Labute approximate surface area is 94.9 Å². The lowest BCUT2D eigenvalue weighted by atomic mass is 10.3. The smallest absolute Gasteiger partial charge is 0.269 e. The number of rotatable bonds is 3. The van der Waals surface area contributed by atoms with Gasteiger partial charge in [0, 0.05) is 19.3 Å². The van der Waals surface area contributed by atoms with Crippen LogP contribution in [0.1, 0.15) is 12.1 Å². The highest BCUT2D eigenvalue weighted by atomic mass is 32.2. The number of pyridine rings is 1. The summed E-state index contributed by atoms with van der Waals surface area (Å²) >= 11 is 0. The van der Waals surface area contributed by atoms with E-state index in [0.717, 1.165) is 5.69 Å². The van der Waals surface area contributed by atoms with Crippen molar-refractivity contribution in [3.63, 3.8) is 0 Å². The van der Waals surface area contributed by atoms with Crippen LogP contribution in [0, 0.1) is 0 Å². The summed E-state index contributed by atoms with van der Waals surface area (Å²) in [6.45, 7) is 1.70. The predicted octanol–water partition coefficient (Wildman–Crippen LogP) is 0.544. The van der Waals surface area contributed by atoms with E-state index in [4.69, 9.17) is 4.55 Å². The molecule has 0 saturated carbocycles. The maximum Gasteiger partial charge on any atom is 0.269 e. The van der Waals surface area contributed by atoms with Gasteiger partial charge < -0.3 is 0 Å². The molecule has 1 fully saturated rings. The summed E-state index contributed by atoms with van der Waals surface area (Å²) < 4.78 is 30.8. The van der Waals surface area contributed by atoms with E-state index in [2.05, 4.69) is 4.98 Å². The highest BCUT2D eigenvalue weighted by Gasteiger charge is 2.31. The molecule has 1 saturated heterocycles. The molecule has 1 unspecified atom stereocenters. The van der Waals surface area contributed by atoms with Gasteiger partial charge in [-0.25, -0.2) is 0 Å². The van der Waals surface area contributed by atoms with Gasteiger partial charge in [-0.2, -0.15) is 8.42 Å². The van der Waals surface area contributed by atoms with Crippen molar-refractivity contribution in [2.24, 2.45) is 0 Å². The molecule has 1 aliphatic rings. The van der Waals surface area contributed by atoms with E-state index in [1.807, 2.05) is 23.1 Å². The van der Waals surface area contributed by atoms with Crippen LogP contribution in [-0.4, -0.2) is 41.2 Å². The Morgan fingerprint density at radius 1 is 1.50 bits per heavy atom. The summed E-state index contributed by atoms with van der Waals surface area (Å²) in [4.78, 5) is 6.16. The zero-order chi connectivity index (χ0) is 11.6. The summed E-state index contributed by atoms with van der Waals surface area (Å²) in [7, 11) is -3.89. The second-order valence-electron chi connectivity index (χ2n) is 3.98. The van der Waals surface area contributed by atoms with Gasteiger partial charge in [-0.15, -0.1) is 0 Å². The Kier molecular flexibility index (Phi) is 3.22. The minimum Gasteiger partial charge on any atom is -0.296 e. The molecule has 0 aliphatic carbocycles. The summed E-state index contributed by atoms with van der Waals surface area (Å²) in [6, 6.07) is 5.65. The fourth-order valence-electron chi connectivity index (χ4n) is 1.90. The molecule has 1 aliphatic heterocycles. The first-order valence-electron chi connectivity index (χ1n) is 5.14. The fourth-order valence-corrected chi connectivity index (χ4v) is 2.71. The topological polar surface area (TPSA) is 70.5 Å². The third-order valence-electron chi connectivity index (χ3n) is 2.76. The zero-order valence-corrected chi connectivity index (χ0v) is 9.60. The normalized spacial score (nSPS) is 22.4. The molecule has 0 bridgehead atoms. The number of aromatic nitrogens is 1. The van der Waals surface area contributed by atoms with Gasteiger partial charge in [-0.1, -0.05) is 6.07 Å². The van der Waals surface area contributed by atoms with E-state index in [0.29, 0.717) is 26.1 Å². The maximum atomic E-state index is 10.9. The lowest BCUT2D eigenvalue weighted by Gasteiger charge is -2.14. The molecule has 1 aromatic heterocycles. The molecular weight excluding hydrogens is 228 g/mol. The zero-order valence-electron chi connectivity index (χ0n) is 8.78. The Morgan fingerprint density at radius 2 is 2.31 bits per heavy atom. The molecule has 1 aromatic rings. The summed E-state index contributed by atoms with van der Waals surface area (Å²) in [6.07, 6.45) is 2.21. The molecule has 0 spiro atoms. The molecule has 0 radical (unpaired) electrons.